The Hall–Kier alpha value is -0.850. The van der Waals surface area contributed by atoms with Crippen LogP contribution in [0.5, 0.6) is 0 Å². The molecule has 5 nitrogen and oxygen atoms in total. The molecule has 1 fully saturated rings. The van der Waals surface area contributed by atoms with Gasteiger partial charge in [0, 0.05) is 12.2 Å². The van der Waals surface area contributed by atoms with E-state index in [1.54, 1.807) is 11.2 Å². The lowest BCUT2D eigenvalue weighted by molar-refractivity contribution is 0.00241. The minimum absolute atomic E-state index is 0.225. The highest BCUT2D eigenvalue weighted by atomic mass is 79.9. The molecule has 1 heterocycles. The topological polar surface area (TPSA) is 54.5 Å². The summed E-state index contributed by atoms with van der Waals surface area (Å²) in [6, 6.07) is 1.97. The second-order valence-corrected chi connectivity index (χ2v) is 7.68. The van der Waals surface area contributed by atoms with Crippen LogP contribution in [0.2, 0.25) is 5.15 Å². The Balaban J connectivity index is 2.19. The molecule has 1 aromatic rings. The first-order valence-corrected chi connectivity index (χ1v) is 8.44. The van der Waals surface area contributed by atoms with Gasteiger partial charge in [0.15, 0.2) is 0 Å². The third-order valence-electron chi connectivity index (χ3n) is 3.18. The summed E-state index contributed by atoms with van der Waals surface area (Å²) in [5, 5.41) is 1.94. The molecule has 1 N–H and O–H groups in total. The molecule has 0 bridgehead atoms. The monoisotopic (exact) mass is 389 g/mol. The van der Waals surface area contributed by atoms with Gasteiger partial charge in [-0.2, -0.15) is 0 Å². The maximum absolute atomic E-state index is 12.5. The van der Waals surface area contributed by atoms with Crippen LogP contribution in [-0.2, 0) is 4.74 Å². The first kappa shape index (κ1) is 17.5. The molecule has 2 rings (SSSR count). The molecule has 1 aromatic heterocycles. The maximum Gasteiger partial charge on any atom is 0.425 e. The summed E-state index contributed by atoms with van der Waals surface area (Å²) < 4.78 is 6.19. The van der Waals surface area contributed by atoms with Crippen LogP contribution in [0.4, 0.5) is 4.79 Å². The Labute approximate surface area is 144 Å². The van der Waals surface area contributed by atoms with Crippen LogP contribution in [0.15, 0.2) is 16.7 Å². The number of rotatable bonds is 4. The summed E-state index contributed by atoms with van der Waals surface area (Å²) >= 11 is 9.29. The molecular weight excluding hydrogens is 370 g/mol. The lowest BCUT2D eigenvalue weighted by atomic mass is 10.1. The summed E-state index contributed by atoms with van der Waals surface area (Å²) in [5.74, 6) is 0. The average Bonchev–Trinajstić information content (AvgIpc) is 3.20. The number of amides is 1. The zero-order valence-electron chi connectivity index (χ0n) is 13.2. The molecule has 22 heavy (non-hydrogen) atoms. The fourth-order valence-corrected chi connectivity index (χ4v) is 2.33. The number of hydrogen-bond donors (Lipinski definition) is 1. The van der Waals surface area contributed by atoms with Crippen molar-refractivity contribution >= 4 is 33.6 Å². The van der Waals surface area contributed by atoms with Crippen molar-refractivity contribution in [3.8, 4) is 0 Å². The normalized spacial score (nSPS) is 16.3. The molecule has 0 spiro atoms. The van der Waals surface area contributed by atoms with E-state index < -0.39 is 11.7 Å². The van der Waals surface area contributed by atoms with E-state index in [-0.39, 0.29) is 6.04 Å². The summed E-state index contributed by atoms with van der Waals surface area (Å²) in [4.78, 5) is 16.6. The molecule has 1 amide bonds. The smallest absolute Gasteiger partial charge is 0.425 e. The van der Waals surface area contributed by atoms with E-state index in [1.165, 1.54) is 0 Å². The Bertz CT molecular complexity index is 558. The predicted molar refractivity (Wildman–Crippen MR) is 89.6 cm³/mol. The van der Waals surface area contributed by atoms with E-state index in [1.807, 2.05) is 33.8 Å². The zero-order valence-corrected chi connectivity index (χ0v) is 15.5. The van der Waals surface area contributed by atoms with Gasteiger partial charge in [-0.25, -0.2) is 20.2 Å². The molecule has 0 aromatic carbocycles. The lowest BCUT2D eigenvalue weighted by Crippen LogP contribution is -2.47. The van der Waals surface area contributed by atoms with E-state index in [0.717, 1.165) is 18.4 Å². The van der Waals surface area contributed by atoms with Gasteiger partial charge in [0.25, 0.3) is 0 Å². The molecule has 1 saturated carbocycles. The number of nitrogens with one attached hydrogen (secondary N) is 1. The molecular formula is C15H21BrClN3O2. The van der Waals surface area contributed by atoms with Gasteiger partial charge >= 0.3 is 6.09 Å². The zero-order chi connectivity index (χ0) is 16.5. The van der Waals surface area contributed by atoms with Crippen molar-refractivity contribution in [1.29, 1.82) is 0 Å². The van der Waals surface area contributed by atoms with Crippen molar-refractivity contribution in [2.75, 3.05) is 0 Å². The molecule has 1 aliphatic carbocycles. The van der Waals surface area contributed by atoms with Gasteiger partial charge in [0.2, 0.25) is 0 Å². The second kappa shape index (κ2) is 6.72. The highest BCUT2D eigenvalue weighted by molar-refractivity contribution is 9.10. The van der Waals surface area contributed by atoms with E-state index >= 15 is 0 Å². The van der Waals surface area contributed by atoms with Crippen LogP contribution in [0.1, 0.15) is 52.1 Å². The summed E-state index contributed by atoms with van der Waals surface area (Å²) in [5.41, 5.74) is 3.56. The second-order valence-electron chi connectivity index (χ2n) is 6.47. The van der Waals surface area contributed by atoms with E-state index in [4.69, 9.17) is 16.3 Å². The summed E-state index contributed by atoms with van der Waals surface area (Å²) in [7, 11) is 0. The van der Waals surface area contributed by atoms with E-state index in [9.17, 15) is 4.79 Å². The molecule has 7 heteroatoms. The Morgan fingerprint density at radius 2 is 2.18 bits per heavy atom. The number of hydrazine groups is 1. The molecule has 0 saturated heterocycles. The number of halogens is 2. The summed E-state index contributed by atoms with van der Waals surface area (Å²) in [6.07, 6.45) is 3.41. The molecule has 1 aliphatic rings. The van der Waals surface area contributed by atoms with Gasteiger partial charge in [-0.05, 0) is 68.1 Å². The quantitative estimate of drug-likeness (QED) is 0.609. The Kier molecular flexibility index (Phi) is 5.35. The number of carbonyl (C=O) groups is 1. The predicted octanol–water partition coefficient (Wildman–Crippen LogP) is 4.46. The Morgan fingerprint density at radius 3 is 2.68 bits per heavy atom. The van der Waals surface area contributed by atoms with Crippen LogP contribution in [0, 0.1) is 0 Å². The number of pyridine rings is 1. The fourth-order valence-electron chi connectivity index (χ4n) is 1.86. The van der Waals surface area contributed by atoms with Crippen molar-refractivity contribution in [3.05, 3.63) is 27.5 Å². The van der Waals surface area contributed by atoms with Gasteiger partial charge in [0.05, 0.1) is 10.5 Å². The van der Waals surface area contributed by atoms with Gasteiger partial charge in [-0.1, -0.05) is 11.6 Å². The number of aromatic nitrogens is 1. The van der Waals surface area contributed by atoms with Gasteiger partial charge in [-0.3, -0.25) is 0 Å². The molecule has 1 unspecified atom stereocenters. The van der Waals surface area contributed by atoms with Gasteiger partial charge in [0.1, 0.15) is 10.8 Å². The first-order valence-electron chi connectivity index (χ1n) is 7.26. The van der Waals surface area contributed by atoms with Crippen molar-refractivity contribution in [3.63, 3.8) is 0 Å². The van der Waals surface area contributed by atoms with Crippen molar-refractivity contribution in [2.24, 2.45) is 0 Å². The first-order chi connectivity index (χ1) is 10.2. The highest BCUT2D eigenvalue weighted by Crippen LogP contribution is 2.29. The number of hydrogen-bond acceptors (Lipinski definition) is 4. The van der Waals surface area contributed by atoms with E-state index in [2.05, 4.69) is 26.3 Å². The van der Waals surface area contributed by atoms with Gasteiger partial charge in [-0.15, -0.1) is 0 Å². The third kappa shape index (κ3) is 4.83. The number of carbonyl (C=O) groups excluding carboxylic acids is 1. The SMILES string of the molecule is CC(c1cnc(Cl)c(Br)c1)N(NC1CC1)C(=O)OC(C)(C)C. The van der Waals surface area contributed by atoms with Crippen LogP contribution >= 0.6 is 27.5 Å². The van der Waals surface area contributed by atoms with Crippen LogP contribution in [0.3, 0.4) is 0 Å². The Morgan fingerprint density at radius 1 is 1.55 bits per heavy atom. The molecule has 0 radical (unpaired) electrons. The maximum atomic E-state index is 12.5. The lowest BCUT2D eigenvalue weighted by Gasteiger charge is -2.32. The largest absolute Gasteiger partial charge is 0.443 e. The van der Waals surface area contributed by atoms with Gasteiger partial charge < -0.3 is 4.74 Å². The van der Waals surface area contributed by atoms with E-state index in [0.29, 0.717) is 15.7 Å². The number of nitrogens with zero attached hydrogens (tertiary/aromatic N) is 2. The van der Waals surface area contributed by atoms with Crippen molar-refractivity contribution < 1.29 is 9.53 Å². The third-order valence-corrected chi connectivity index (χ3v) is 4.31. The van der Waals surface area contributed by atoms with Crippen molar-refractivity contribution in [1.82, 2.24) is 15.4 Å². The average molecular weight is 391 g/mol. The minimum atomic E-state index is -0.543. The minimum Gasteiger partial charge on any atom is -0.443 e. The standard InChI is InChI=1S/C15H21BrClN3O2/c1-9(10-7-12(16)13(17)18-8-10)20(19-11-5-6-11)14(21)22-15(2,3)4/h7-9,11,19H,5-6H2,1-4H3. The molecule has 0 aliphatic heterocycles. The highest BCUT2D eigenvalue weighted by Gasteiger charge is 2.32. The number of ether oxygens (including phenoxy) is 1. The molecule has 1 atom stereocenters. The fraction of sp³-hybridized carbons (Fsp3) is 0.600. The van der Waals surface area contributed by atoms with Crippen LogP contribution < -0.4 is 5.43 Å². The van der Waals surface area contributed by atoms with Crippen LogP contribution in [0.25, 0.3) is 0 Å². The summed E-state index contributed by atoms with van der Waals surface area (Å²) in [6.45, 7) is 7.48. The van der Waals surface area contributed by atoms with Crippen LogP contribution in [-0.4, -0.2) is 27.7 Å². The van der Waals surface area contributed by atoms with Crippen molar-refractivity contribution in [2.45, 2.75) is 58.2 Å². The molecule has 122 valence electrons.